The Hall–Kier alpha value is -0.610. The third-order valence-electron chi connectivity index (χ3n) is 7.90. The maximum Gasteiger partial charge on any atom is 0.315 e. The van der Waals surface area contributed by atoms with Gasteiger partial charge in [0.2, 0.25) is 0 Å². The standard InChI is InChI=1S/C19H29NO3/c1-18-5-4-6-19(12-22-19)16(18)9-13-14(11-20-7-2-3-8-20)17(21)23-15(13)10-18/h13-16H,2-12H2,1H3/p+1/t13-,14-,15-,16-,18-,19-/m1/s1. The van der Waals surface area contributed by atoms with Crippen molar-refractivity contribution in [3.8, 4) is 0 Å². The summed E-state index contributed by atoms with van der Waals surface area (Å²) in [6.07, 6.45) is 8.86. The lowest BCUT2D eigenvalue weighted by Crippen LogP contribution is -3.10. The second-order valence-corrected chi connectivity index (χ2v) is 9.26. The molecule has 6 atom stereocenters. The van der Waals surface area contributed by atoms with E-state index in [0.29, 0.717) is 17.3 Å². The van der Waals surface area contributed by atoms with Crippen LogP contribution in [-0.4, -0.2) is 43.9 Å². The first-order valence-electron chi connectivity index (χ1n) is 9.78. The number of nitrogens with one attached hydrogen (secondary N) is 1. The van der Waals surface area contributed by atoms with Gasteiger partial charge in [-0.2, -0.15) is 0 Å². The summed E-state index contributed by atoms with van der Waals surface area (Å²) in [5.74, 6) is 1.35. The molecule has 0 aromatic heterocycles. The Morgan fingerprint density at radius 3 is 2.74 bits per heavy atom. The van der Waals surface area contributed by atoms with Gasteiger partial charge in [-0.3, -0.25) is 4.79 Å². The Kier molecular flexibility index (Phi) is 3.17. The summed E-state index contributed by atoms with van der Waals surface area (Å²) in [4.78, 5) is 14.2. The van der Waals surface area contributed by atoms with Crippen LogP contribution in [0, 0.1) is 23.2 Å². The number of likely N-dealkylation sites (tertiary alicyclic amines) is 1. The number of fused-ring (bicyclic) bond motifs is 3. The molecule has 5 rings (SSSR count). The molecule has 3 aliphatic heterocycles. The van der Waals surface area contributed by atoms with Crippen molar-refractivity contribution in [3.63, 3.8) is 0 Å². The summed E-state index contributed by atoms with van der Waals surface area (Å²) in [5.41, 5.74) is 0.500. The lowest BCUT2D eigenvalue weighted by molar-refractivity contribution is -0.890. The predicted octanol–water partition coefficient (Wildman–Crippen LogP) is 1.19. The molecule has 3 saturated heterocycles. The van der Waals surface area contributed by atoms with E-state index in [-0.39, 0.29) is 23.6 Å². The summed E-state index contributed by atoms with van der Waals surface area (Å²) in [6, 6.07) is 0. The monoisotopic (exact) mass is 320 g/mol. The minimum atomic E-state index is 0.104. The summed E-state index contributed by atoms with van der Waals surface area (Å²) in [6.45, 7) is 6.90. The van der Waals surface area contributed by atoms with Crippen molar-refractivity contribution in [1.82, 2.24) is 0 Å². The van der Waals surface area contributed by atoms with Gasteiger partial charge in [-0.1, -0.05) is 6.92 Å². The number of ether oxygens (including phenoxy) is 2. The number of carbonyl (C=O) groups is 1. The zero-order valence-electron chi connectivity index (χ0n) is 14.3. The third-order valence-corrected chi connectivity index (χ3v) is 7.90. The van der Waals surface area contributed by atoms with Crippen molar-refractivity contribution in [2.24, 2.45) is 23.2 Å². The van der Waals surface area contributed by atoms with E-state index in [1.165, 1.54) is 45.2 Å². The average Bonchev–Trinajstić information content (AvgIpc) is 2.97. The van der Waals surface area contributed by atoms with Gasteiger partial charge >= 0.3 is 5.97 Å². The minimum absolute atomic E-state index is 0.104. The maximum atomic E-state index is 12.5. The molecular weight excluding hydrogens is 290 g/mol. The lowest BCUT2D eigenvalue weighted by Gasteiger charge is -2.51. The molecule has 1 N–H and O–H groups in total. The van der Waals surface area contributed by atoms with Crippen molar-refractivity contribution in [2.75, 3.05) is 26.2 Å². The van der Waals surface area contributed by atoms with Crippen molar-refractivity contribution >= 4 is 5.97 Å². The Morgan fingerprint density at radius 2 is 2.00 bits per heavy atom. The predicted molar refractivity (Wildman–Crippen MR) is 85.0 cm³/mol. The molecule has 0 aromatic rings. The molecule has 3 heterocycles. The molecule has 0 bridgehead atoms. The summed E-state index contributed by atoms with van der Waals surface area (Å²) < 4.78 is 11.9. The van der Waals surface area contributed by atoms with Gasteiger partial charge < -0.3 is 14.4 Å². The van der Waals surface area contributed by atoms with Gasteiger partial charge in [0.05, 0.1) is 31.8 Å². The van der Waals surface area contributed by atoms with Crippen LogP contribution in [0.5, 0.6) is 0 Å². The highest BCUT2D eigenvalue weighted by Crippen LogP contribution is 2.62. The first kappa shape index (κ1) is 14.7. The van der Waals surface area contributed by atoms with E-state index in [0.717, 1.165) is 26.0 Å². The zero-order valence-corrected chi connectivity index (χ0v) is 14.3. The van der Waals surface area contributed by atoms with E-state index in [1.54, 1.807) is 4.90 Å². The quantitative estimate of drug-likeness (QED) is 0.614. The van der Waals surface area contributed by atoms with E-state index in [2.05, 4.69) is 6.92 Å². The van der Waals surface area contributed by atoms with Crippen LogP contribution in [-0.2, 0) is 14.3 Å². The Balaban J connectivity index is 1.38. The van der Waals surface area contributed by atoms with E-state index >= 15 is 0 Å². The van der Waals surface area contributed by atoms with Crippen LogP contribution in [0.3, 0.4) is 0 Å². The molecule has 1 spiro atoms. The number of quaternary nitrogens is 1. The van der Waals surface area contributed by atoms with Gasteiger partial charge in [-0.05, 0) is 43.4 Å². The zero-order chi connectivity index (χ0) is 15.7. The van der Waals surface area contributed by atoms with Gasteiger partial charge in [0.15, 0.2) is 0 Å². The average molecular weight is 320 g/mol. The van der Waals surface area contributed by atoms with Crippen LogP contribution in [0.25, 0.3) is 0 Å². The SMILES string of the molecule is C[C@]12CCC[C@@]3(CO3)[C@@H]1C[C@H]1[C@@H](C2)OC(=O)[C@@H]1C[NH+]1CCCC1. The highest BCUT2D eigenvalue weighted by molar-refractivity contribution is 5.75. The van der Waals surface area contributed by atoms with Crippen LogP contribution >= 0.6 is 0 Å². The smallest absolute Gasteiger partial charge is 0.315 e. The van der Waals surface area contributed by atoms with Crippen molar-refractivity contribution < 1.29 is 19.2 Å². The van der Waals surface area contributed by atoms with E-state index < -0.39 is 0 Å². The number of carbonyl (C=O) groups excluding carboxylic acids is 1. The number of hydrogen-bond acceptors (Lipinski definition) is 3. The molecule has 4 heteroatoms. The normalized spacial score (nSPS) is 52.3. The molecule has 0 unspecified atom stereocenters. The largest absolute Gasteiger partial charge is 0.462 e. The molecule has 23 heavy (non-hydrogen) atoms. The maximum absolute atomic E-state index is 12.5. The van der Waals surface area contributed by atoms with E-state index in [9.17, 15) is 4.79 Å². The Labute approximate surface area is 138 Å². The Bertz CT molecular complexity index is 511. The topological polar surface area (TPSA) is 43.3 Å². The summed E-state index contributed by atoms with van der Waals surface area (Å²) in [7, 11) is 0. The first-order chi connectivity index (χ1) is 11.1. The number of esters is 1. The molecule has 0 radical (unpaired) electrons. The summed E-state index contributed by atoms with van der Waals surface area (Å²) >= 11 is 0. The van der Waals surface area contributed by atoms with Crippen LogP contribution in [0.15, 0.2) is 0 Å². The van der Waals surface area contributed by atoms with Crippen molar-refractivity contribution in [1.29, 1.82) is 0 Å². The second-order valence-electron chi connectivity index (χ2n) is 9.26. The molecule has 0 aromatic carbocycles. The lowest BCUT2D eigenvalue weighted by atomic mass is 9.53. The molecule has 0 amide bonds. The van der Waals surface area contributed by atoms with Crippen LogP contribution in [0.2, 0.25) is 0 Å². The Morgan fingerprint density at radius 1 is 1.22 bits per heavy atom. The van der Waals surface area contributed by atoms with Gasteiger partial charge in [0.1, 0.15) is 12.0 Å². The van der Waals surface area contributed by atoms with E-state index in [1.807, 2.05) is 0 Å². The molecule has 5 fully saturated rings. The second kappa shape index (κ2) is 4.95. The molecular formula is C19H30NO3+. The third kappa shape index (κ3) is 2.21. The molecule has 4 nitrogen and oxygen atoms in total. The fourth-order valence-electron chi connectivity index (χ4n) is 6.58. The first-order valence-corrected chi connectivity index (χ1v) is 9.78. The van der Waals surface area contributed by atoms with Gasteiger partial charge in [-0.15, -0.1) is 0 Å². The van der Waals surface area contributed by atoms with Gasteiger partial charge in [-0.25, -0.2) is 0 Å². The van der Waals surface area contributed by atoms with Crippen LogP contribution in [0.4, 0.5) is 0 Å². The van der Waals surface area contributed by atoms with E-state index in [4.69, 9.17) is 9.47 Å². The van der Waals surface area contributed by atoms with Crippen molar-refractivity contribution in [3.05, 3.63) is 0 Å². The number of rotatable bonds is 2. The van der Waals surface area contributed by atoms with Crippen LogP contribution < -0.4 is 4.90 Å². The van der Waals surface area contributed by atoms with Gasteiger partial charge in [0.25, 0.3) is 0 Å². The highest BCUT2D eigenvalue weighted by Gasteiger charge is 2.65. The summed E-state index contributed by atoms with van der Waals surface area (Å²) in [5, 5.41) is 0. The van der Waals surface area contributed by atoms with Crippen LogP contribution in [0.1, 0.15) is 51.9 Å². The minimum Gasteiger partial charge on any atom is -0.462 e. The number of hydrogen-bond donors (Lipinski definition) is 1. The molecule has 128 valence electrons. The fourth-order valence-corrected chi connectivity index (χ4v) is 6.58. The number of epoxide rings is 1. The molecule has 5 aliphatic rings. The molecule has 2 aliphatic carbocycles. The van der Waals surface area contributed by atoms with Crippen molar-refractivity contribution in [2.45, 2.75) is 63.6 Å². The fraction of sp³-hybridized carbons (Fsp3) is 0.947. The highest BCUT2D eigenvalue weighted by atomic mass is 16.6. The van der Waals surface area contributed by atoms with Gasteiger partial charge in [0, 0.05) is 18.8 Å². The molecule has 2 saturated carbocycles.